The molecule has 1 saturated heterocycles. The van der Waals surface area contributed by atoms with Crippen LogP contribution in [0.2, 0.25) is 5.02 Å². The maximum atomic E-state index is 13.8. The Labute approximate surface area is 185 Å². The summed E-state index contributed by atoms with van der Waals surface area (Å²) in [5.41, 5.74) is 3.07. The first-order chi connectivity index (χ1) is 14.9. The van der Waals surface area contributed by atoms with Crippen molar-refractivity contribution < 1.29 is 24.3 Å². The summed E-state index contributed by atoms with van der Waals surface area (Å²) < 4.78 is 11.6. The molecule has 2 aliphatic heterocycles. The van der Waals surface area contributed by atoms with Gasteiger partial charge in [-0.1, -0.05) is 36.7 Å². The highest BCUT2D eigenvalue weighted by molar-refractivity contribution is 6.30. The maximum Gasteiger partial charge on any atom is 0.274 e. The van der Waals surface area contributed by atoms with Crippen molar-refractivity contribution >= 4 is 23.4 Å². The highest BCUT2D eigenvalue weighted by Gasteiger charge is 2.42. The van der Waals surface area contributed by atoms with Crippen LogP contribution in [0.15, 0.2) is 42.5 Å². The molecule has 4 rings (SSSR count). The van der Waals surface area contributed by atoms with Crippen molar-refractivity contribution in [2.75, 3.05) is 19.8 Å². The van der Waals surface area contributed by atoms with E-state index >= 15 is 0 Å². The Morgan fingerprint density at radius 3 is 2.68 bits per heavy atom. The number of hydrogen-bond acceptors (Lipinski definition) is 5. The number of hydroxylamine groups is 1. The van der Waals surface area contributed by atoms with E-state index in [1.165, 1.54) is 0 Å². The van der Waals surface area contributed by atoms with Crippen LogP contribution < -0.4 is 10.2 Å². The molecule has 2 amide bonds. The molecule has 2 aromatic carbocycles. The van der Waals surface area contributed by atoms with Gasteiger partial charge in [-0.2, -0.15) is 0 Å². The highest BCUT2D eigenvalue weighted by Crippen LogP contribution is 2.39. The molecule has 31 heavy (non-hydrogen) atoms. The van der Waals surface area contributed by atoms with Gasteiger partial charge in [0.1, 0.15) is 12.4 Å². The van der Waals surface area contributed by atoms with Gasteiger partial charge in [-0.15, -0.1) is 0 Å². The average molecular weight is 445 g/mol. The minimum Gasteiger partial charge on any atom is -0.491 e. The van der Waals surface area contributed by atoms with E-state index in [0.717, 1.165) is 11.1 Å². The second-order valence-corrected chi connectivity index (χ2v) is 8.69. The van der Waals surface area contributed by atoms with Crippen LogP contribution in [0.4, 0.5) is 0 Å². The van der Waals surface area contributed by atoms with Crippen molar-refractivity contribution in [3.05, 3.63) is 64.2 Å². The van der Waals surface area contributed by atoms with Gasteiger partial charge < -0.3 is 14.4 Å². The zero-order valence-corrected chi connectivity index (χ0v) is 18.0. The predicted molar refractivity (Wildman–Crippen MR) is 114 cm³/mol. The van der Waals surface area contributed by atoms with Gasteiger partial charge in [0.15, 0.2) is 0 Å². The Balaban J connectivity index is 1.73. The lowest BCUT2D eigenvalue weighted by Gasteiger charge is -2.39. The van der Waals surface area contributed by atoms with Crippen molar-refractivity contribution in [1.82, 2.24) is 10.4 Å². The SMILES string of the molecule is CC1(C(=O)N2Cc3ccc(C(=O)NO)cc3OC[C@@H]2c2cccc(Cl)c2)CCOCC1. The molecule has 8 heteroatoms. The van der Waals surface area contributed by atoms with Crippen LogP contribution in [0, 0.1) is 5.41 Å². The predicted octanol–water partition coefficient (Wildman–Crippen LogP) is 3.74. The second kappa shape index (κ2) is 8.86. The highest BCUT2D eigenvalue weighted by atomic mass is 35.5. The van der Waals surface area contributed by atoms with E-state index in [1.807, 2.05) is 30.0 Å². The van der Waals surface area contributed by atoms with Crippen LogP contribution in [0.3, 0.4) is 0 Å². The zero-order valence-electron chi connectivity index (χ0n) is 17.3. The first-order valence-corrected chi connectivity index (χ1v) is 10.6. The summed E-state index contributed by atoms with van der Waals surface area (Å²) in [7, 11) is 0. The Hall–Kier alpha value is -2.61. The van der Waals surface area contributed by atoms with Crippen LogP contribution >= 0.6 is 11.6 Å². The molecule has 2 heterocycles. The van der Waals surface area contributed by atoms with Crippen LogP contribution in [0.25, 0.3) is 0 Å². The van der Waals surface area contributed by atoms with Gasteiger partial charge >= 0.3 is 0 Å². The van der Waals surface area contributed by atoms with Crippen LogP contribution in [-0.4, -0.2) is 41.7 Å². The largest absolute Gasteiger partial charge is 0.491 e. The number of halogens is 1. The number of amides is 2. The number of fused-ring (bicyclic) bond motifs is 1. The lowest BCUT2D eigenvalue weighted by molar-refractivity contribution is -0.150. The van der Waals surface area contributed by atoms with Gasteiger partial charge in [0.25, 0.3) is 5.91 Å². The van der Waals surface area contributed by atoms with Crippen molar-refractivity contribution in [3.63, 3.8) is 0 Å². The minimum absolute atomic E-state index is 0.0504. The molecule has 0 unspecified atom stereocenters. The van der Waals surface area contributed by atoms with Crippen molar-refractivity contribution in [2.45, 2.75) is 32.4 Å². The van der Waals surface area contributed by atoms with Gasteiger partial charge in [-0.05, 0) is 42.7 Å². The molecular weight excluding hydrogens is 420 g/mol. The molecule has 0 bridgehead atoms. The molecule has 2 N–H and O–H groups in total. The van der Waals surface area contributed by atoms with E-state index in [-0.39, 0.29) is 24.1 Å². The molecule has 0 spiro atoms. The fraction of sp³-hybridized carbons (Fsp3) is 0.391. The monoisotopic (exact) mass is 444 g/mol. The number of ether oxygens (including phenoxy) is 2. The van der Waals surface area contributed by atoms with Crippen LogP contribution in [0.5, 0.6) is 5.75 Å². The number of nitrogens with zero attached hydrogens (tertiary/aromatic N) is 1. The summed E-state index contributed by atoms with van der Waals surface area (Å²) in [4.78, 5) is 27.5. The average Bonchev–Trinajstić information content (AvgIpc) is 2.97. The minimum atomic E-state index is -0.621. The number of nitrogens with one attached hydrogen (secondary N) is 1. The smallest absolute Gasteiger partial charge is 0.274 e. The molecule has 0 aliphatic carbocycles. The normalized spacial score (nSPS) is 20.2. The van der Waals surface area contributed by atoms with E-state index in [1.54, 1.807) is 29.7 Å². The Morgan fingerprint density at radius 2 is 1.97 bits per heavy atom. The van der Waals surface area contributed by atoms with Gasteiger partial charge in [0.2, 0.25) is 5.91 Å². The van der Waals surface area contributed by atoms with Gasteiger partial charge in [0, 0.05) is 29.4 Å². The summed E-state index contributed by atoms with van der Waals surface area (Å²) in [6, 6.07) is 12.0. The molecule has 2 aliphatic rings. The van der Waals surface area contributed by atoms with Crippen LogP contribution in [0.1, 0.15) is 47.3 Å². The van der Waals surface area contributed by atoms with Gasteiger partial charge in [-0.3, -0.25) is 14.8 Å². The molecule has 7 nitrogen and oxygen atoms in total. The topological polar surface area (TPSA) is 88.1 Å². The van der Waals surface area contributed by atoms with E-state index < -0.39 is 11.3 Å². The summed E-state index contributed by atoms with van der Waals surface area (Å²) in [6.45, 7) is 3.67. The fourth-order valence-corrected chi connectivity index (χ4v) is 4.36. The lowest BCUT2D eigenvalue weighted by atomic mass is 9.80. The summed E-state index contributed by atoms with van der Waals surface area (Å²) in [5.74, 6) is -0.0559. The van der Waals surface area contributed by atoms with Crippen molar-refractivity contribution in [2.24, 2.45) is 5.41 Å². The third kappa shape index (κ3) is 4.39. The number of carbonyl (C=O) groups excluding carboxylic acids is 2. The van der Waals surface area contributed by atoms with Crippen molar-refractivity contribution in [3.8, 4) is 5.75 Å². The van der Waals surface area contributed by atoms with E-state index in [4.69, 9.17) is 26.3 Å². The van der Waals surface area contributed by atoms with E-state index in [2.05, 4.69) is 0 Å². The zero-order chi connectivity index (χ0) is 22.0. The van der Waals surface area contributed by atoms with Crippen molar-refractivity contribution in [1.29, 1.82) is 0 Å². The standard InChI is InChI=1S/C23H25ClN2O5/c1-23(7-9-30-10-8-23)22(28)26-13-17-6-5-16(21(27)25-29)12-20(17)31-14-19(26)15-3-2-4-18(24)11-15/h2-6,11-12,19,29H,7-10,13-14H2,1H3,(H,25,27)/t19-/m1/s1. The second-order valence-electron chi connectivity index (χ2n) is 8.25. The maximum absolute atomic E-state index is 13.8. The first kappa shape index (κ1) is 21.6. The molecule has 1 fully saturated rings. The molecule has 164 valence electrons. The number of rotatable bonds is 3. The molecule has 2 aromatic rings. The molecule has 1 atom stereocenters. The third-order valence-corrected chi connectivity index (χ3v) is 6.39. The fourth-order valence-electron chi connectivity index (χ4n) is 4.16. The number of carbonyl (C=O) groups is 2. The van der Waals surface area contributed by atoms with Gasteiger partial charge in [0.05, 0.1) is 18.0 Å². The summed E-state index contributed by atoms with van der Waals surface area (Å²) in [6.07, 6.45) is 1.32. The van der Waals surface area contributed by atoms with E-state index in [0.29, 0.717) is 43.4 Å². The van der Waals surface area contributed by atoms with E-state index in [9.17, 15) is 9.59 Å². The summed E-state index contributed by atoms with van der Waals surface area (Å²) >= 11 is 6.24. The Bertz CT molecular complexity index is 990. The first-order valence-electron chi connectivity index (χ1n) is 10.3. The van der Waals surface area contributed by atoms with Crippen LogP contribution in [-0.2, 0) is 16.1 Å². The molecule has 0 saturated carbocycles. The lowest BCUT2D eigenvalue weighted by Crippen LogP contribution is -2.47. The third-order valence-electron chi connectivity index (χ3n) is 6.15. The van der Waals surface area contributed by atoms with Gasteiger partial charge in [-0.25, -0.2) is 5.48 Å². The Kier molecular flexibility index (Phi) is 6.18. The number of benzene rings is 2. The quantitative estimate of drug-likeness (QED) is 0.556. The molecular formula is C23H25ClN2O5. The molecule has 0 radical (unpaired) electrons. The Morgan fingerprint density at radius 1 is 1.19 bits per heavy atom. The summed E-state index contributed by atoms with van der Waals surface area (Å²) in [5, 5.41) is 9.52. The molecule has 0 aromatic heterocycles. The number of hydrogen-bond donors (Lipinski definition) is 2.